The van der Waals surface area contributed by atoms with Crippen LogP contribution in [-0.2, 0) is 14.4 Å². The van der Waals surface area contributed by atoms with Crippen molar-refractivity contribution in [2.75, 3.05) is 6.54 Å². The predicted octanol–water partition coefficient (Wildman–Crippen LogP) is 1.85. The van der Waals surface area contributed by atoms with Crippen molar-refractivity contribution in [1.29, 1.82) is 0 Å². The fraction of sp³-hybridized carbons (Fsp3) is 0.200. The van der Waals surface area contributed by atoms with Crippen LogP contribution in [0.2, 0.25) is 0 Å². The van der Waals surface area contributed by atoms with E-state index in [-0.39, 0.29) is 5.76 Å². The molecule has 106 valence electrons. The van der Waals surface area contributed by atoms with Crippen LogP contribution in [0.5, 0.6) is 5.75 Å². The van der Waals surface area contributed by atoms with Gasteiger partial charge in [0.2, 0.25) is 0 Å². The van der Waals surface area contributed by atoms with Crippen LogP contribution in [0.3, 0.4) is 0 Å². The minimum absolute atomic E-state index is 0.189. The average molecular weight is 286 g/mol. The van der Waals surface area contributed by atoms with Gasteiger partial charge in [-0.25, -0.2) is 4.85 Å². The van der Waals surface area contributed by atoms with Crippen molar-refractivity contribution in [1.82, 2.24) is 4.90 Å². The van der Waals surface area contributed by atoms with Crippen molar-refractivity contribution in [3.05, 3.63) is 47.5 Å². The lowest BCUT2D eigenvalue weighted by Gasteiger charge is -2.13. The SMILES string of the molecule is [3H]C(C)C(=O)CN1C(=O)C=C(Oc2ccc([N+]#[C-])cc2)C1=O. The Balaban J connectivity index is 2.08. The Hall–Kier alpha value is -2.94. The van der Waals surface area contributed by atoms with Gasteiger partial charge in [-0.3, -0.25) is 19.3 Å². The minimum atomic E-state index is -1.01. The summed E-state index contributed by atoms with van der Waals surface area (Å²) in [7, 11) is 0. The standard InChI is InChI=1S/C15H12N2O4/c1-3-11(18)9-17-14(19)8-13(15(17)20)21-12-6-4-10(16-2)5-7-12/h4-8H,3,9H2,1H3/i3T. The first-order chi connectivity index (χ1) is 10.4. The third-order valence-electron chi connectivity index (χ3n) is 2.81. The van der Waals surface area contributed by atoms with Crippen molar-refractivity contribution in [2.24, 2.45) is 0 Å². The first-order valence-corrected chi connectivity index (χ1v) is 6.10. The summed E-state index contributed by atoms with van der Waals surface area (Å²) in [5.74, 6) is -1.77. The molecule has 1 aromatic carbocycles. The largest absolute Gasteiger partial charge is 0.451 e. The number of Topliss-reactive ketones (excluding diaryl/α,β-unsaturated/α-hetero) is 1. The summed E-state index contributed by atoms with van der Waals surface area (Å²) in [5.41, 5.74) is 0.423. The van der Waals surface area contributed by atoms with E-state index in [1.807, 2.05) is 0 Å². The molecular weight excluding hydrogens is 272 g/mol. The fourth-order valence-corrected chi connectivity index (χ4v) is 1.67. The summed E-state index contributed by atoms with van der Waals surface area (Å²) < 4.78 is 12.6. The van der Waals surface area contributed by atoms with Crippen LogP contribution in [0.4, 0.5) is 5.69 Å². The number of amides is 2. The minimum Gasteiger partial charge on any atom is -0.451 e. The number of benzene rings is 1. The monoisotopic (exact) mass is 286 g/mol. The molecule has 0 fully saturated rings. The van der Waals surface area contributed by atoms with Gasteiger partial charge in [-0.05, 0) is 12.1 Å². The molecule has 1 aliphatic rings. The lowest BCUT2D eigenvalue weighted by molar-refractivity contribution is -0.141. The van der Waals surface area contributed by atoms with Gasteiger partial charge < -0.3 is 4.74 Å². The van der Waals surface area contributed by atoms with Gasteiger partial charge in [0.25, 0.3) is 11.8 Å². The Kier molecular flexibility index (Phi) is 3.74. The van der Waals surface area contributed by atoms with E-state index in [0.29, 0.717) is 11.4 Å². The van der Waals surface area contributed by atoms with Crippen LogP contribution in [0.25, 0.3) is 4.85 Å². The molecule has 21 heavy (non-hydrogen) atoms. The molecule has 1 aliphatic heterocycles. The molecule has 0 bridgehead atoms. The summed E-state index contributed by atoms with van der Waals surface area (Å²) in [6.07, 6.45) is -0.000709. The number of imide groups is 1. The second-order valence-electron chi connectivity index (χ2n) is 4.20. The van der Waals surface area contributed by atoms with Crippen molar-refractivity contribution < 1.29 is 20.5 Å². The molecule has 1 heterocycles. The molecule has 1 atom stereocenters. The molecule has 0 saturated heterocycles. The Morgan fingerprint density at radius 1 is 1.38 bits per heavy atom. The van der Waals surface area contributed by atoms with Gasteiger partial charge in [-0.15, -0.1) is 0 Å². The maximum Gasteiger partial charge on any atom is 0.297 e. The fourth-order valence-electron chi connectivity index (χ4n) is 1.67. The number of rotatable bonds is 5. The van der Waals surface area contributed by atoms with Gasteiger partial charge in [-0.1, -0.05) is 19.1 Å². The number of hydrogen-bond donors (Lipinski definition) is 0. The zero-order valence-electron chi connectivity index (χ0n) is 12.2. The van der Waals surface area contributed by atoms with Crippen molar-refractivity contribution >= 4 is 23.3 Å². The van der Waals surface area contributed by atoms with Crippen LogP contribution in [-0.4, -0.2) is 29.0 Å². The molecule has 1 unspecified atom stereocenters. The van der Waals surface area contributed by atoms with E-state index < -0.39 is 30.5 Å². The van der Waals surface area contributed by atoms with Crippen LogP contribution in [0, 0.1) is 6.57 Å². The number of nitrogens with zero attached hydrogens (tertiary/aromatic N) is 2. The summed E-state index contributed by atoms with van der Waals surface area (Å²) in [4.78, 5) is 39.3. The number of carbonyl (C=O) groups is 3. The van der Waals surface area contributed by atoms with Crippen molar-refractivity contribution in [3.8, 4) is 5.75 Å². The molecule has 0 aromatic heterocycles. The van der Waals surface area contributed by atoms with Gasteiger partial charge in [0.15, 0.2) is 17.2 Å². The molecule has 0 spiro atoms. The highest BCUT2D eigenvalue weighted by Crippen LogP contribution is 2.22. The van der Waals surface area contributed by atoms with E-state index in [0.717, 1.165) is 11.0 Å². The molecule has 6 heteroatoms. The predicted molar refractivity (Wildman–Crippen MR) is 73.4 cm³/mol. The third-order valence-corrected chi connectivity index (χ3v) is 2.81. The summed E-state index contributed by atoms with van der Waals surface area (Å²) in [6, 6.07) is 6.05. The molecule has 0 radical (unpaired) electrons. The second-order valence-corrected chi connectivity index (χ2v) is 4.20. The first kappa shape index (κ1) is 13.1. The lowest BCUT2D eigenvalue weighted by atomic mass is 10.3. The Morgan fingerprint density at radius 2 is 2.05 bits per heavy atom. The van der Waals surface area contributed by atoms with E-state index in [9.17, 15) is 14.4 Å². The van der Waals surface area contributed by atoms with Crippen LogP contribution >= 0.6 is 0 Å². The zero-order chi connectivity index (χ0) is 16.3. The molecule has 1 aromatic rings. The average Bonchev–Trinajstić information content (AvgIpc) is 2.75. The van der Waals surface area contributed by atoms with Gasteiger partial charge in [0, 0.05) is 7.77 Å². The smallest absolute Gasteiger partial charge is 0.297 e. The summed E-state index contributed by atoms with van der Waals surface area (Å²) >= 11 is 0. The van der Waals surface area contributed by atoms with E-state index >= 15 is 0 Å². The van der Waals surface area contributed by atoms with Crippen LogP contribution in [0.15, 0.2) is 36.1 Å². The quantitative estimate of drug-likeness (QED) is 0.612. The Morgan fingerprint density at radius 3 is 2.62 bits per heavy atom. The van der Waals surface area contributed by atoms with Gasteiger partial charge in [-0.2, -0.15) is 0 Å². The zero-order valence-corrected chi connectivity index (χ0v) is 11.2. The van der Waals surface area contributed by atoms with Gasteiger partial charge in [0.05, 0.1) is 19.2 Å². The Labute approximate surface area is 122 Å². The molecule has 6 nitrogen and oxygen atoms in total. The molecule has 2 amide bonds. The van der Waals surface area contributed by atoms with E-state index in [4.69, 9.17) is 12.7 Å². The molecule has 0 aliphatic carbocycles. The summed E-state index contributed by atoms with van der Waals surface area (Å²) in [5, 5.41) is 0. The van der Waals surface area contributed by atoms with Gasteiger partial charge >= 0.3 is 0 Å². The molecule has 0 N–H and O–H groups in total. The normalized spacial score (nSPS) is 16.1. The highest BCUT2D eigenvalue weighted by Gasteiger charge is 2.33. The third kappa shape index (κ3) is 3.15. The van der Waals surface area contributed by atoms with Crippen molar-refractivity contribution in [3.63, 3.8) is 0 Å². The highest BCUT2D eigenvalue weighted by molar-refractivity contribution is 6.16. The number of ketones is 1. The Bertz CT molecular complexity index is 701. The highest BCUT2D eigenvalue weighted by atomic mass is 16.5. The van der Waals surface area contributed by atoms with Gasteiger partial charge in [0.1, 0.15) is 5.75 Å². The first-order valence-electron chi connectivity index (χ1n) is 6.68. The van der Waals surface area contributed by atoms with Crippen LogP contribution < -0.4 is 4.74 Å². The van der Waals surface area contributed by atoms with Crippen LogP contribution in [0.1, 0.15) is 14.7 Å². The maximum absolute atomic E-state index is 12.1. The number of carbonyl (C=O) groups excluding carboxylic acids is 3. The lowest BCUT2D eigenvalue weighted by Crippen LogP contribution is -2.36. The molecular formula is C15H12N2O4. The molecule has 0 saturated carbocycles. The van der Waals surface area contributed by atoms with E-state index in [1.165, 1.54) is 31.2 Å². The topological polar surface area (TPSA) is 68.0 Å². The van der Waals surface area contributed by atoms with Crippen molar-refractivity contribution in [2.45, 2.75) is 13.3 Å². The second kappa shape index (κ2) is 6.01. The molecule has 2 rings (SSSR count). The maximum atomic E-state index is 12.1. The number of hydrogen-bond acceptors (Lipinski definition) is 4. The van der Waals surface area contributed by atoms with E-state index in [2.05, 4.69) is 4.85 Å². The number of ether oxygens (including phenoxy) is 1. The summed E-state index contributed by atoms with van der Waals surface area (Å²) in [6.45, 7) is 7.77. The van der Waals surface area contributed by atoms with E-state index in [1.54, 1.807) is 0 Å².